The van der Waals surface area contributed by atoms with E-state index in [0.717, 1.165) is 63.9 Å². The average Bonchev–Trinajstić information content (AvgIpc) is 3.10. The summed E-state index contributed by atoms with van der Waals surface area (Å²) in [6, 6.07) is 0. The lowest BCUT2D eigenvalue weighted by atomic mass is 9.93. The molecule has 1 spiro atoms. The molecule has 0 aliphatic carbocycles. The van der Waals surface area contributed by atoms with Crippen molar-refractivity contribution in [2.75, 3.05) is 32.9 Å². The van der Waals surface area contributed by atoms with Gasteiger partial charge >= 0.3 is 0 Å². The fraction of sp³-hybridized carbons (Fsp3) is 0.923. The van der Waals surface area contributed by atoms with Crippen molar-refractivity contribution in [3.63, 3.8) is 0 Å². The number of hydrogen-bond donors (Lipinski definition) is 1. The second-order valence-corrected chi connectivity index (χ2v) is 6.87. The lowest BCUT2D eigenvalue weighted by Gasteiger charge is -2.36. The quantitative estimate of drug-likeness (QED) is 0.775. The summed E-state index contributed by atoms with van der Waals surface area (Å²) < 4.78 is 13.4. The first kappa shape index (κ1) is 15.2. The molecule has 2 aliphatic rings. The summed E-state index contributed by atoms with van der Waals surface area (Å²) in [4.78, 5) is 0. The number of tetrazole rings is 1. The van der Waals surface area contributed by atoms with Gasteiger partial charge in [-0.1, -0.05) is 18.7 Å². The standard InChI is InChI=1S/C13H23N5O2S/c1-2-14-5-6-18-12(15-16-17-18)21-11-3-7-20-13(9-11)4-8-19-10-13/h11,14H,2-10H2,1H3. The van der Waals surface area contributed by atoms with Gasteiger partial charge in [0.2, 0.25) is 5.16 Å². The third-order valence-corrected chi connectivity index (χ3v) is 5.28. The van der Waals surface area contributed by atoms with Crippen LogP contribution in [0.15, 0.2) is 5.16 Å². The first-order chi connectivity index (χ1) is 10.3. The summed E-state index contributed by atoms with van der Waals surface area (Å²) in [5.74, 6) is 0. The van der Waals surface area contributed by atoms with Crippen molar-refractivity contribution in [1.29, 1.82) is 0 Å². The maximum atomic E-state index is 5.98. The molecule has 2 unspecified atom stereocenters. The molecular weight excluding hydrogens is 290 g/mol. The molecule has 2 fully saturated rings. The van der Waals surface area contributed by atoms with Gasteiger partial charge in [0.1, 0.15) is 0 Å². The summed E-state index contributed by atoms with van der Waals surface area (Å²) in [7, 11) is 0. The molecule has 1 aromatic rings. The first-order valence-corrected chi connectivity index (χ1v) is 8.54. The molecule has 3 rings (SSSR count). The zero-order valence-electron chi connectivity index (χ0n) is 12.5. The molecule has 3 heterocycles. The first-order valence-electron chi connectivity index (χ1n) is 7.66. The van der Waals surface area contributed by atoms with Crippen LogP contribution in [0.2, 0.25) is 0 Å². The van der Waals surface area contributed by atoms with Crippen LogP contribution in [0.25, 0.3) is 0 Å². The monoisotopic (exact) mass is 313 g/mol. The minimum absolute atomic E-state index is 0.0576. The van der Waals surface area contributed by atoms with Crippen molar-refractivity contribution >= 4 is 11.8 Å². The number of hydrogen-bond acceptors (Lipinski definition) is 7. The highest BCUT2D eigenvalue weighted by Crippen LogP contribution is 2.39. The predicted octanol–water partition coefficient (Wildman–Crippen LogP) is 0.713. The maximum Gasteiger partial charge on any atom is 0.209 e. The van der Waals surface area contributed by atoms with Crippen molar-refractivity contribution in [2.45, 2.75) is 48.7 Å². The molecule has 0 aromatic carbocycles. The molecule has 2 atom stereocenters. The van der Waals surface area contributed by atoms with E-state index < -0.39 is 0 Å². The molecule has 21 heavy (non-hydrogen) atoms. The lowest BCUT2D eigenvalue weighted by molar-refractivity contribution is -0.0770. The summed E-state index contributed by atoms with van der Waals surface area (Å²) in [5, 5.41) is 16.8. The van der Waals surface area contributed by atoms with Gasteiger partial charge in [-0.2, -0.15) is 0 Å². The van der Waals surface area contributed by atoms with Gasteiger partial charge in [-0.25, -0.2) is 4.68 Å². The predicted molar refractivity (Wildman–Crippen MR) is 79.4 cm³/mol. The van der Waals surface area contributed by atoms with Crippen molar-refractivity contribution in [3.8, 4) is 0 Å². The summed E-state index contributed by atoms with van der Waals surface area (Å²) in [5.41, 5.74) is -0.0576. The van der Waals surface area contributed by atoms with Gasteiger partial charge in [0.15, 0.2) is 0 Å². The van der Waals surface area contributed by atoms with Crippen LogP contribution in [0.5, 0.6) is 0 Å². The van der Waals surface area contributed by atoms with Crippen molar-refractivity contribution in [3.05, 3.63) is 0 Å². The topological polar surface area (TPSA) is 74.1 Å². The normalized spacial score (nSPS) is 29.3. The number of rotatable bonds is 6. The minimum atomic E-state index is -0.0576. The van der Waals surface area contributed by atoms with Gasteiger partial charge in [-0.05, 0) is 29.8 Å². The van der Waals surface area contributed by atoms with E-state index in [9.17, 15) is 0 Å². The molecule has 2 saturated heterocycles. The molecule has 118 valence electrons. The highest BCUT2D eigenvalue weighted by molar-refractivity contribution is 7.99. The number of aromatic nitrogens is 4. The van der Waals surface area contributed by atoms with Crippen LogP contribution in [-0.4, -0.2) is 64.0 Å². The van der Waals surface area contributed by atoms with Gasteiger partial charge < -0.3 is 14.8 Å². The van der Waals surface area contributed by atoms with Crippen molar-refractivity contribution in [1.82, 2.24) is 25.5 Å². The molecule has 1 N–H and O–H groups in total. The molecule has 0 radical (unpaired) electrons. The minimum Gasteiger partial charge on any atom is -0.378 e. The van der Waals surface area contributed by atoms with E-state index in [1.807, 2.05) is 4.68 Å². The van der Waals surface area contributed by atoms with Crippen LogP contribution in [0.3, 0.4) is 0 Å². The summed E-state index contributed by atoms with van der Waals surface area (Å²) in [6.45, 7) is 7.11. The second kappa shape index (κ2) is 7.04. The highest BCUT2D eigenvalue weighted by atomic mass is 32.2. The second-order valence-electron chi connectivity index (χ2n) is 5.60. The number of likely N-dealkylation sites (N-methyl/N-ethyl adjacent to an activating group) is 1. The Bertz CT molecular complexity index is 450. The van der Waals surface area contributed by atoms with Crippen molar-refractivity contribution in [2.24, 2.45) is 0 Å². The van der Waals surface area contributed by atoms with Gasteiger partial charge in [0.25, 0.3) is 0 Å². The van der Waals surface area contributed by atoms with E-state index in [4.69, 9.17) is 9.47 Å². The van der Waals surface area contributed by atoms with E-state index in [-0.39, 0.29) is 5.60 Å². The van der Waals surface area contributed by atoms with Crippen LogP contribution >= 0.6 is 11.8 Å². The third kappa shape index (κ3) is 3.74. The third-order valence-electron chi connectivity index (χ3n) is 4.04. The fourth-order valence-electron chi connectivity index (χ4n) is 2.88. The van der Waals surface area contributed by atoms with Gasteiger partial charge in [-0.15, -0.1) is 5.10 Å². The largest absolute Gasteiger partial charge is 0.378 e. The van der Waals surface area contributed by atoms with Crippen molar-refractivity contribution < 1.29 is 9.47 Å². The van der Waals surface area contributed by atoms with E-state index in [1.54, 1.807) is 11.8 Å². The van der Waals surface area contributed by atoms with Crippen LogP contribution in [0.1, 0.15) is 26.2 Å². The van der Waals surface area contributed by atoms with E-state index in [1.165, 1.54) is 0 Å². The Morgan fingerprint density at radius 2 is 2.43 bits per heavy atom. The zero-order valence-corrected chi connectivity index (χ0v) is 13.3. The average molecular weight is 313 g/mol. The van der Waals surface area contributed by atoms with Crippen LogP contribution in [0.4, 0.5) is 0 Å². The molecule has 2 aliphatic heterocycles. The SMILES string of the molecule is CCNCCn1nnnc1SC1CCOC2(CCOC2)C1. The van der Waals surface area contributed by atoms with Crippen LogP contribution in [-0.2, 0) is 16.0 Å². The number of nitrogens with zero attached hydrogens (tertiary/aromatic N) is 4. The Kier molecular flexibility index (Phi) is 5.10. The molecule has 1 aromatic heterocycles. The maximum absolute atomic E-state index is 5.98. The molecule has 0 saturated carbocycles. The molecule has 0 amide bonds. The van der Waals surface area contributed by atoms with Crippen LogP contribution < -0.4 is 5.32 Å². The molecule has 0 bridgehead atoms. The van der Waals surface area contributed by atoms with E-state index in [0.29, 0.717) is 5.25 Å². The van der Waals surface area contributed by atoms with Crippen LogP contribution in [0, 0.1) is 0 Å². The Labute approximate surface area is 129 Å². The number of ether oxygens (including phenoxy) is 2. The Morgan fingerprint density at radius 3 is 3.24 bits per heavy atom. The summed E-state index contributed by atoms with van der Waals surface area (Å²) in [6.07, 6.45) is 3.08. The molecule has 7 nitrogen and oxygen atoms in total. The van der Waals surface area contributed by atoms with Gasteiger partial charge in [0.05, 0.1) is 18.8 Å². The highest BCUT2D eigenvalue weighted by Gasteiger charge is 2.41. The molecule has 8 heteroatoms. The Balaban J connectivity index is 1.57. The lowest BCUT2D eigenvalue weighted by Crippen LogP contribution is -2.41. The molecular formula is C13H23N5O2S. The van der Waals surface area contributed by atoms with Gasteiger partial charge in [-0.3, -0.25) is 0 Å². The summed E-state index contributed by atoms with van der Waals surface area (Å²) >= 11 is 1.78. The fourth-order valence-corrected chi connectivity index (χ4v) is 4.11. The zero-order chi connectivity index (χ0) is 14.5. The smallest absolute Gasteiger partial charge is 0.209 e. The van der Waals surface area contributed by atoms with E-state index in [2.05, 4.69) is 27.8 Å². The Hall–Kier alpha value is -0.700. The number of nitrogens with one attached hydrogen (secondary N) is 1. The van der Waals surface area contributed by atoms with Gasteiger partial charge in [0, 0.05) is 31.4 Å². The van der Waals surface area contributed by atoms with E-state index >= 15 is 0 Å². The Morgan fingerprint density at radius 1 is 1.48 bits per heavy atom. The number of thioether (sulfide) groups is 1.